The summed E-state index contributed by atoms with van der Waals surface area (Å²) in [5, 5.41) is 2.16. The molecule has 0 amide bonds. The number of rotatable bonds is 5. The van der Waals surface area contributed by atoms with E-state index in [9.17, 15) is 0 Å². The van der Waals surface area contributed by atoms with Crippen LogP contribution >= 0.6 is 11.3 Å². The van der Waals surface area contributed by atoms with E-state index in [2.05, 4.69) is 59.7 Å². The van der Waals surface area contributed by atoms with Gasteiger partial charge in [0.1, 0.15) is 0 Å². The van der Waals surface area contributed by atoms with Gasteiger partial charge in [-0.15, -0.1) is 11.3 Å². The zero-order valence-corrected chi connectivity index (χ0v) is 13.4. The lowest BCUT2D eigenvalue weighted by Crippen LogP contribution is -2.40. The Labute approximate surface area is 131 Å². The maximum absolute atomic E-state index is 6.49. The fourth-order valence-electron chi connectivity index (χ4n) is 3.46. The summed E-state index contributed by atoms with van der Waals surface area (Å²) in [6, 6.07) is 16.3. The lowest BCUT2D eigenvalue weighted by molar-refractivity contribution is 0.157. The largest absolute Gasteiger partial charge is 0.326 e. The molecule has 1 aromatic heterocycles. The van der Waals surface area contributed by atoms with Gasteiger partial charge in [0, 0.05) is 17.0 Å². The molecule has 3 atom stereocenters. The van der Waals surface area contributed by atoms with Gasteiger partial charge in [0.05, 0.1) is 6.04 Å². The molecule has 1 aliphatic rings. The van der Waals surface area contributed by atoms with Crippen molar-refractivity contribution in [3.63, 3.8) is 0 Å². The lowest BCUT2D eigenvalue weighted by Gasteiger charge is -2.36. The average molecular weight is 300 g/mol. The fraction of sp³-hybridized carbons (Fsp3) is 0.444. The maximum atomic E-state index is 6.49. The second-order valence-electron chi connectivity index (χ2n) is 5.84. The van der Waals surface area contributed by atoms with E-state index >= 15 is 0 Å². The highest BCUT2D eigenvalue weighted by Crippen LogP contribution is 2.41. The highest BCUT2D eigenvalue weighted by atomic mass is 32.1. The van der Waals surface area contributed by atoms with Crippen molar-refractivity contribution < 1.29 is 0 Å². The molecule has 3 rings (SSSR count). The van der Waals surface area contributed by atoms with Gasteiger partial charge in [-0.25, -0.2) is 0 Å². The van der Waals surface area contributed by atoms with Gasteiger partial charge in [0.25, 0.3) is 0 Å². The summed E-state index contributed by atoms with van der Waals surface area (Å²) < 4.78 is 0. The number of hydrogen-bond acceptors (Lipinski definition) is 3. The Morgan fingerprint density at radius 2 is 2.05 bits per heavy atom. The normalized spacial score (nSPS) is 22.3. The Bertz CT molecular complexity index is 538. The minimum Gasteiger partial charge on any atom is -0.326 e. The first-order valence-corrected chi connectivity index (χ1v) is 8.79. The van der Waals surface area contributed by atoms with Crippen LogP contribution in [0.15, 0.2) is 47.8 Å². The molecular weight excluding hydrogens is 276 g/mol. The summed E-state index contributed by atoms with van der Waals surface area (Å²) in [5.74, 6) is 0. The Morgan fingerprint density at radius 3 is 2.71 bits per heavy atom. The molecule has 2 aromatic rings. The van der Waals surface area contributed by atoms with Crippen LogP contribution in [-0.2, 0) is 0 Å². The monoisotopic (exact) mass is 300 g/mol. The molecule has 2 nitrogen and oxygen atoms in total. The van der Waals surface area contributed by atoms with Crippen LogP contribution in [0.25, 0.3) is 0 Å². The standard InChI is InChI=1S/C18H24N2S/c1-2-15(19)18(17-11-7-13-21-17)20-12-6-10-16(20)14-8-4-3-5-9-14/h3-5,7-9,11,13,15-16,18H,2,6,10,12,19H2,1H3. The van der Waals surface area contributed by atoms with E-state index < -0.39 is 0 Å². The van der Waals surface area contributed by atoms with E-state index in [1.165, 1.54) is 23.3 Å². The average Bonchev–Trinajstić information content (AvgIpc) is 3.20. The van der Waals surface area contributed by atoms with Crippen LogP contribution in [0.1, 0.15) is 48.7 Å². The zero-order chi connectivity index (χ0) is 14.7. The van der Waals surface area contributed by atoms with Crippen molar-refractivity contribution in [1.82, 2.24) is 4.90 Å². The number of benzene rings is 1. The molecule has 3 heteroatoms. The highest BCUT2D eigenvalue weighted by molar-refractivity contribution is 7.10. The summed E-state index contributed by atoms with van der Waals surface area (Å²) in [6.07, 6.45) is 3.51. The van der Waals surface area contributed by atoms with Gasteiger partial charge in [-0.05, 0) is 42.8 Å². The molecule has 0 bridgehead atoms. The van der Waals surface area contributed by atoms with E-state index in [1.54, 1.807) is 0 Å². The van der Waals surface area contributed by atoms with Crippen molar-refractivity contribution in [2.24, 2.45) is 5.73 Å². The van der Waals surface area contributed by atoms with E-state index in [0.717, 1.165) is 13.0 Å². The van der Waals surface area contributed by atoms with Crippen molar-refractivity contribution in [2.75, 3.05) is 6.54 Å². The van der Waals surface area contributed by atoms with Crippen LogP contribution < -0.4 is 5.73 Å². The predicted octanol–water partition coefficient (Wildman–Crippen LogP) is 4.36. The van der Waals surface area contributed by atoms with Gasteiger partial charge < -0.3 is 5.73 Å². The van der Waals surface area contributed by atoms with E-state index in [-0.39, 0.29) is 6.04 Å². The molecule has 1 fully saturated rings. The first kappa shape index (κ1) is 14.8. The first-order valence-electron chi connectivity index (χ1n) is 7.91. The van der Waals surface area contributed by atoms with Gasteiger partial charge >= 0.3 is 0 Å². The molecule has 3 unspecified atom stereocenters. The SMILES string of the molecule is CCC(N)C(c1cccs1)N1CCCC1c1ccccc1. The fourth-order valence-corrected chi connectivity index (χ4v) is 4.38. The minimum atomic E-state index is 0.202. The zero-order valence-electron chi connectivity index (χ0n) is 12.6. The maximum Gasteiger partial charge on any atom is 0.0598 e. The second kappa shape index (κ2) is 6.73. The van der Waals surface area contributed by atoms with Crippen LogP contribution in [0.3, 0.4) is 0 Å². The molecule has 2 heterocycles. The van der Waals surface area contributed by atoms with Crippen LogP contribution in [0, 0.1) is 0 Å². The summed E-state index contributed by atoms with van der Waals surface area (Å²) in [5.41, 5.74) is 7.92. The van der Waals surface area contributed by atoms with Crippen molar-refractivity contribution >= 4 is 11.3 Å². The van der Waals surface area contributed by atoms with Crippen LogP contribution in [0.5, 0.6) is 0 Å². The summed E-state index contributed by atoms with van der Waals surface area (Å²) in [7, 11) is 0. The Morgan fingerprint density at radius 1 is 1.24 bits per heavy atom. The third-order valence-electron chi connectivity index (χ3n) is 4.55. The number of hydrogen-bond donors (Lipinski definition) is 1. The van der Waals surface area contributed by atoms with Gasteiger partial charge in [-0.2, -0.15) is 0 Å². The van der Waals surface area contributed by atoms with Gasteiger partial charge in [0.15, 0.2) is 0 Å². The van der Waals surface area contributed by atoms with Gasteiger partial charge in [-0.1, -0.05) is 43.3 Å². The number of thiophene rings is 1. The molecule has 0 radical (unpaired) electrons. The Hall–Kier alpha value is -1.16. The van der Waals surface area contributed by atoms with Crippen molar-refractivity contribution in [1.29, 1.82) is 0 Å². The topological polar surface area (TPSA) is 29.3 Å². The third kappa shape index (κ3) is 3.05. The first-order chi connectivity index (χ1) is 10.3. The second-order valence-corrected chi connectivity index (χ2v) is 6.82. The Balaban J connectivity index is 1.91. The van der Waals surface area contributed by atoms with Crippen LogP contribution in [0.2, 0.25) is 0 Å². The molecule has 0 saturated carbocycles. The summed E-state index contributed by atoms with van der Waals surface area (Å²) >= 11 is 1.84. The predicted molar refractivity (Wildman–Crippen MR) is 90.4 cm³/mol. The quantitative estimate of drug-likeness (QED) is 0.888. The molecule has 0 aliphatic carbocycles. The molecule has 1 aliphatic heterocycles. The summed E-state index contributed by atoms with van der Waals surface area (Å²) in [6.45, 7) is 3.34. The van der Waals surface area contributed by atoms with Gasteiger partial charge in [0.2, 0.25) is 0 Å². The third-order valence-corrected chi connectivity index (χ3v) is 5.49. The van der Waals surface area contributed by atoms with E-state index in [0.29, 0.717) is 12.1 Å². The molecule has 1 aromatic carbocycles. The van der Waals surface area contributed by atoms with E-state index in [1.807, 2.05) is 11.3 Å². The molecule has 112 valence electrons. The van der Waals surface area contributed by atoms with Crippen molar-refractivity contribution in [3.05, 3.63) is 58.3 Å². The number of nitrogens with zero attached hydrogens (tertiary/aromatic N) is 1. The Kier molecular flexibility index (Phi) is 4.73. The molecule has 0 spiro atoms. The summed E-state index contributed by atoms with van der Waals surface area (Å²) in [4.78, 5) is 4.04. The van der Waals surface area contributed by atoms with Crippen molar-refractivity contribution in [2.45, 2.75) is 44.3 Å². The molecule has 1 saturated heterocycles. The molecule has 21 heavy (non-hydrogen) atoms. The highest BCUT2D eigenvalue weighted by Gasteiger charge is 2.35. The van der Waals surface area contributed by atoms with E-state index in [4.69, 9.17) is 5.73 Å². The number of likely N-dealkylation sites (tertiary alicyclic amines) is 1. The lowest BCUT2D eigenvalue weighted by atomic mass is 9.99. The van der Waals surface area contributed by atoms with Crippen LogP contribution in [0.4, 0.5) is 0 Å². The minimum absolute atomic E-state index is 0.202. The smallest absolute Gasteiger partial charge is 0.0598 e. The van der Waals surface area contributed by atoms with Crippen LogP contribution in [-0.4, -0.2) is 17.5 Å². The molecule has 2 N–H and O–H groups in total. The number of nitrogens with two attached hydrogens (primary N) is 1. The molecular formula is C18H24N2S. The van der Waals surface area contributed by atoms with Crippen molar-refractivity contribution in [3.8, 4) is 0 Å². The van der Waals surface area contributed by atoms with Gasteiger partial charge in [-0.3, -0.25) is 4.90 Å².